The summed E-state index contributed by atoms with van der Waals surface area (Å²) in [5.74, 6) is 0. The van der Waals surface area contributed by atoms with Crippen molar-refractivity contribution in [3.63, 3.8) is 0 Å². The third kappa shape index (κ3) is 5.45. The Kier molecular flexibility index (Phi) is 8.06. The van der Waals surface area contributed by atoms with Crippen LogP contribution in [0.25, 0.3) is 86.1 Å². The Labute approximate surface area is 330 Å². The van der Waals surface area contributed by atoms with E-state index < -0.39 is 7.92 Å². The molecule has 0 aliphatic carbocycles. The van der Waals surface area contributed by atoms with E-state index in [9.17, 15) is 0 Å². The molecule has 9 aromatic carbocycles. The predicted molar refractivity (Wildman–Crippen MR) is 245 cm³/mol. The fourth-order valence-corrected chi connectivity index (χ4v) is 12.1. The van der Waals surface area contributed by atoms with Crippen LogP contribution in [0.5, 0.6) is 0 Å². The highest BCUT2D eigenvalue weighted by Gasteiger charge is 2.24. The SMILES string of the molecule is c1ccc(-c2nc3ccccc3c3sc(-c4ccc5c6ccccc6c6ccccc6c5c4)c(-c4ccc(P(c5ccccc5)c5ccccc5)cc4)c23)cc1. The van der Waals surface area contributed by atoms with Crippen molar-refractivity contribution in [1.29, 1.82) is 0 Å². The number of pyridine rings is 1. The summed E-state index contributed by atoms with van der Waals surface area (Å²) in [7, 11) is -0.729. The van der Waals surface area contributed by atoms with Crippen molar-refractivity contribution in [3.05, 3.63) is 206 Å². The van der Waals surface area contributed by atoms with Gasteiger partial charge in [0.05, 0.1) is 11.2 Å². The van der Waals surface area contributed by atoms with Crippen LogP contribution in [0, 0.1) is 0 Å². The van der Waals surface area contributed by atoms with E-state index in [1.807, 2.05) is 11.3 Å². The number of rotatable bonds is 6. The van der Waals surface area contributed by atoms with E-state index in [0.29, 0.717) is 0 Å². The molecule has 0 saturated heterocycles. The lowest BCUT2D eigenvalue weighted by molar-refractivity contribution is 1.43. The molecule has 0 spiro atoms. The van der Waals surface area contributed by atoms with Crippen LogP contribution in [0.1, 0.15) is 0 Å². The van der Waals surface area contributed by atoms with Gasteiger partial charge in [-0.3, -0.25) is 0 Å². The van der Waals surface area contributed by atoms with Gasteiger partial charge in [-0.1, -0.05) is 194 Å². The molecule has 1 nitrogen and oxygen atoms in total. The molecule has 0 aliphatic rings. The van der Waals surface area contributed by atoms with Crippen molar-refractivity contribution >= 4 is 88.5 Å². The lowest BCUT2D eigenvalue weighted by atomic mass is 9.91. The maximum Gasteiger partial charge on any atom is 0.0803 e. The Bertz CT molecular complexity index is 3150. The Balaban J connectivity index is 1.20. The molecule has 0 radical (unpaired) electrons. The van der Waals surface area contributed by atoms with Crippen molar-refractivity contribution in [2.24, 2.45) is 0 Å². The fourth-order valence-electron chi connectivity index (χ4n) is 8.50. The number of benzene rings is 9. The van der Waals surface area contributed by atoms with Crippen LogP contribution in [-0.4, -0.2) is 4.98 Å². The van der Waals surface area contributed by atoms with Gasteiger partial charge in [0.2, 0.25) is 0 Å². The van der Waals surface area contributed by atoms with Crippen LogP contribution in [-0.2, 0) is 0 Å². The summed E-state index contributed by atoms with van der Waals surface area (Å²) in [6.45, 7) is 0. The summed E-state index contributed by atoms with van der Waals surface area (Å²) in [6.07, 6.45) is 0. The van der Waals surface area contributed by atoms with E-state index in [2.05, 4.69) is 206 Å². The molecule has 2 heterocycles. The Morgan fingerprint density at radius 1 is 0.357 bits per heavy atom. The zero-order chi connectivity index (χ0) is 37.0. The second kappa shape index (κ2) is 13.7. The van der Waals surface area contributed by atoms with Gasteiger partial charge >= 0.3 is 0 Å². The van der Waals surface area contributed by atoms with Crippen LogP contribution >= 0.6 is 19.3 Å². The number of para-hydroxylation sites is 1. The first-order valence-corrected chi connectivity index (χ1v) is 21.2. The van der Waals surface area contributed by atoms with Gasteiger partial charge in [-0.2, -0.15) is 0 Å². The van der Waals surface area contributed by atoms with Crippen molar-refractivity contribution in [3.8, 4) is 32.8 Å². The second-order valence-corrected chi connectivity index (χ2v) is 17.5. The van der Waals surface area contributed by atoms with Crippen LogP contribution < -0.4 is 15.9 Å². The molecule has 56 heavy (non-hydrogen) atoms. The topological polar surface area (TPSA) is 12.9 Å². The highest BCUT2D eigenvalue weighted by molar-refractivity contribution is 7.79. The standard InChI is InChI=1S/C53H34NPS/c1-4-16-36(17-5-1)51-50-49(35-28-31-40(32-29-35)55(38-18-6-2-7-19-38)39-20-8-3-9-21-39)52(56-53(50)46-26-14-15-27-48(46)54-51)37-30-33-45-43-24-11-10-22-41(43)42-23-12-13-25-44(42)47(45)34-37/h1-34H. The minimum Gasteiger partial charge on any atom is -0.247 e. The maximum absolute atomic E-state index is 5.43. The Morgan fingerprint density at radius 2 is 0.821 bits per heavy atom. The maximum atomic E-state index is 5.43. The summed E-state index contributed by atoms with van der Waals surface area (Å²) in [5, 5.41) is 14.1. The Morgan fingerprint density at radius 3 is 1.43 bits per heavy atom. The molecule has 0 N–H and O–H groups in total. The van der Waals surface area contributed by atoms with Crippen molar-refractivity contribution in [1.82, 2.24) is 4.98 Å². The highest BCUT2D eigenvalue weighted by Crippen LogP contribution is 2.51. The van der Waals surface area contributed by atoms with E-state index in [1.165, 1.54) is 85.3 Å². The van der Waals surface area contributed by atoms with E-state index >= 15 is 0 Å². The molecule has 0 atom stereocenters. The summed E-state index contributed by atoms with van der Waals surface area (Å²) < 4.78 is 1.27. The van der Waals surface area contributed by atoms with Gasteiger partial charge in [-0.05, 0) is 79.4 Å². The number of nitrogens with zero attached hydrogens (tertiary/aromatic N) is 1. The summed E-state index contributed by atoms with van der Waals surface area (Å²) >= 11 is 1.90. The third-order valence-electron chi connectivity index (χ3n) is 11.0. The quantitative estimate of drug-likeness (QED) is 0.122. The summed E-state index contributed by atoms with van der Waals surface area (Å²) in [4.78, 5) is 6.69. The lowest BCUT2D eigenvalue weighted by Gasteiger charge is -2.20. The van der Waals surface area contributed by atoms with Crippen LogP contribution in [0.4, 0.5) is 0 Å². The largest absolute Gasteiger partial charge is 0.247 e. The molecule has 2 aromatic heterocycles. The fraction of sp³-hybridized carbons (Fsp3) is 0. The van der Waals surface area contributed by atoms with Crippen LogP contribution in [0.2, 0.25) is 0 Å². The van der Waals surface area contributed by atoms with Crippen molar-refractivity contribution < 1.29 is 0 Å². The zero-order valence-electron chi connectivity index (χ0n) is 30.4. The van der Waals surface area contributed by atoms with Gasteiger partial charge in [-0.25, -0.2) is 4.98 Å². The first-order valence-electron chi connectivity index (χ1n) is 19.0. The molecule has 262 valence electrons. The molecule has 0 saturated carbocycles. The predicted octanol–water partition coefficient (Wildman–Crippen LogP) is 13.7. The molecule has 11 rings (SSSR count). The smallest absolute Gasteiger partial charge is 0.0803 e. The van der Waals surface area contributed by atoms with Gasteiger partial charge < -0.3 is 0 Å². The van der Waals surface area contributed by atoms with Gasteiger partial charge in [0.25, 0.3) is 0 Å². The summed E-state index contributed by atoms with van der Waals surface area (Å²) in [5.41, 5.74) is 6.82. The van der Waals surface area contributed by atoms with E-state index in [1.54, 1.807) is 0 Å². The molecule has 0 bridgehead atoms. The van der Waals surface area contributed by atoms with Gasteiger partial charge in [0.15, 0.2) is 0 Å². The van der Waals surface area contributed by atoms with E-state index in [0.717, 1.165) is 16.8 Å². The monoisotopic (exact) mass is 747 g/mol. The number of fused-ring (bicyclic) bond motifs is 9. The van der Waals surface area contributed by atoms with Gasteiger partial charge in [0.1, 0.15) is 0 Å². The second-order valence-electron chi connectivity index (χ2n) is 14.3. The molecule has 0 aliphatic heterocycles. The van der Waals surface area contributed by atoms with Crippen molar-refractivity contribution in [2.45, 2.75) is 0 Å². The molecule has 0 fully saturated rings. The first kappa shape index (κ1) is 32.9. The zero-order valence-corrected chi connectivity index (χ0v) is 32.1. The normalized spacial score (nSPS) is 11.7. The lowest BCUT2D eigenvalue weighted by Crippen LogP contribution is -2.20. The molecule has 0 amide bonds. The molecule has 11 aromatic rings. The number of hydrogen-bond donors (Lipinski definition) is 0. The van der Waals surface area contributed by atoms with Crippen molar-refractivity contribution in [2.75, 3.05) is 0 Å². The van der Waals surface area contributed by atoms with E-state index in [4.69, 9.17) is 4.98 Å². The molecule has 3 heteroatoms. The van der Waals surface area contributed by atoms with E-state index in [-0.39, 0.29) is 0 Å². The Hall–Kier alpha value is -6.44. The molecule has 0 unspecified atom stereocenters. The summed E-state index contributed by atoms with van der Waals surface area (Å²) in [6, 6.07) is 75.5. The number of aromatic nitrogens is 1. The number of hydrogen-bond acceptors (Lipinski definition) is 2. The molecular weight excluding hydrogens is 714 g/mol. The third-order valence-corrected chi connectivity index (χ3v) is 14.7. The minimum absolute atomic E-state index is 0.729. The van der Waals surface area contributed by atoms with Gasteiger partial charge in [-0.15, -0.1) is 11.3 Å². The average molecular weight is 748 g/mol. The minimum atomic E-state index is -0.729. The van der Waals surface area contributed by atoms with Gasteiger partial charge in [0, 0.05) is 31.5 Å². The van der Waals surface area contributed by atoms with Crippen LogP contribution in [0.15, 0.2) is 206 Å². The highest BCUT2D eigenvalue weighted by atomic mass is 32.1. The first-order chi connectivity index (χ1) is 27.8. The number of thiophene rings is 1. The van der Waals surface area contributed by atoms with Crippen LogP contribution in [0.3, 0.4) is 0 Å². The molecular formula is C53H34NPS. The average Bonchev–Trinajstić information content (AvgIpc) is 3.69.